The van der Waals surface area contributed by atoms with E-state index >= 15 is 0 Å². The van der Waals surface area contributed by atoms with Crippen LogP contribution in [-0.2, 0) is 13.1 Å². The fourth-order valence-corrected chi connectivity index (χ4v) is 4.72. The molecule has 9 heteroatoms. The molecule has 0 fully saturated rings. The molecule has 1 aromatic carbocycles. The summed E-state index contributed by atoms with van der Waals surface area (Å²) in [5.41, 5.74) is 9.23. The van der Waals surface area contributed by atoms with Gasteiger partial charge in [-0.3, -0.25) is 14.8 Å². The molecule has 9 nitrogen and oxygen atoms in total. The van der Waals surface area contributed by atoms with Crippen LogP contribution >= 0.6 is 0 Å². The molecule has 36 heavy (non-hydrogen) atoms. The lowest BCUT2D eigenvalue weighted by Gasteiger charge is -2.17. The molecule has 0 spiro atoms. The number of nitrogens with zero attached hydrogens (tertiary/aromatic N) is 7. The molecular formula is C27H27N9. The van der Waals surface area contributed by atoms with Gasteiger partial charge in [0.15, 0.2) is 5.65 Å². The molecule has 0 atom stereocenters. The molecule has 0 radical (unpaired) electrons. The Bertz CT molecular complexity index is 1580. The van der Waals surface area contributed by atoms with Crippen LogP contribution in [0.2, 0.25) is 0 Å². The second-order valence-corrected chi connectivity index (χ2v) is 9.32. The number of rotatable bonds is 0. The van der Waals surface area contributed by atoms with Crippen LogP contribution in [0.15, 0.2) is 61.7 Å². The molecule has 2 N–H and O–H groups in total. The Morgan fingerprint density at radius 1 is 1.06 bits per heavy atom. The number of hydrogen-bond donors (Lipinski definition) is 2. The number of aromatic amines is 1. The average Bonchev–Trinajstić information content (AvgIpc) is 3.52. The second kappa shape index (κ2) is 9.01. The van der Waals surface area contributed by atoms with Crippen LogP contribution in [0.1, 0.15) is 23.2 Å². The number of pyridine rings is 2. The van der Waals surface area contributed by atoms with Crippen molar-refractivity contribution in [1.29, 1.82) is 0 Å². The van der Waals surface area contributed by atoms with Gasteiger partial charge >= 0.3 is 0 Å². The SMILES string of the molecule is C=C1Nc2cccc(c2C)-c2cn(nn2)CCCN(C)Cc2cncc(c2)-c2cnc3n[nH]c1c3c2. The standard InChI is InChI=1S/C27H27N9/c1-17-22-6-4-7-24(17)30-18(2)26-23-11-21(14-29-27(23)33-32-26)20-10-19(12-28-13-20)15-35(3)8-5-9-36-16-25(22)31-34-36/h4,6-7,10-14,16,30H,2,5,8-9,15H2,1,3H3,(H,29,32,33). The molecule has 1 aliphatic rings. The van der Waals surface area contributed by atoms with E-state index in [4.69, 9.17) is 0 Å². The lowest BCUT2D eigenvalue weighted by molar-refractivity contribution is 0.310. The summed E-state index contributed by atoms with van der Waals surface area (Å²) in [6.45, 7) is 8.93. The molecule has 0 saturated carbocycles. The van der Waals surface area contributed by atoms with Crippen molar-refractivity contribution in [2.45, 2.75) is 26.4 Å². The zero-order valence-corrected chi connectivity index (χ0v) is 20.4. The van der Waals surface area contributed by atoms with Crippen molar-refractivity contribution in [2.75, 3.05) is 18.9 Å². The van der Waals surface area contributed by atoms with Gasteiger partial charge in [-0.1, -0.05) is 23.9 Å². The molecular weight excluding hydrogens is 450 g/mol. The monoisotopic (exact) mass is 477 g/mol. The van der Waals surface area contributed by atoms with E-state index < -0.39 is 0 Å². The summed E-state index contributed by atoms with van der Waals surface area (Å²) in [6, 6.07) is 10.4. The van der Waals surface area contributed by atoms with Crippen LogP contribution in [-0.4, -0.2) is 53.7 Å². The maximum atomic E-state index is 4.59. The van der Waals surface area contributed by atoms with Gasteiger partial charge in [0.25, 0.3) is 0 Å². The number of nitrogens with one attached hydrogen (secondary N) is 2. The van der Waals surface area contributed by atoms with Crippen molar-refractivity contribution in [3.63, 3.8) is 0 Å². The summed E-state index contributed by atoms with van der Waals surface area (Å²) >= 11 is 0. The van der Waals surface area contributed by atoms with Crippen LogP contribution < -0.4 is 5.32 Å². The molecule has 0 unspecified atom stereocenters. The largest absolute Gasteiger partial charge is 0.354 e. The molecule has 5 heterocycles. The molecule has 0 saturated heterocycles. The topological polar surface area (TPSA) is 100 Å². The summed E-state index contributed by atoms with van der Waals surface area (Å²) < 4.78 is 1.92. The predicted molar refractivity (Wildman–Crippen MR) is 141 cm³/mol. The van der Waals surface area contributed by atoms with Crippen molar-refractivity contribution in [1.82, 2.24) is 40.1 Å². The Balaban J connectivity index is 1.45. The Morgan fingerprint density at radius 3 is 2.86 bits per heavy atom. The first-order chi connectivity index (χ1) is 17.5. The fraction of sp³-hybridized carbons (Fsp3) is 0.222. The number of H-pyrrole nitrogens is 1. The van der Waals surface area contributed by atoms with Gasteiger partial charge in [0.1, 0.15) is 5.69 Å². The molecule has 8 bridgehead atoms. The maximum Gasteiger partial charge on any atom is 0.181 e. The third-order valence-corrected chi connectivity index (χ3v) is 6.65. The number of aryl methyl sites for hydroxylation is 1. The third kappa shape index (κ3) is 4.14. The average molecular weight is 478 g/mol. The molecule has 1 aliphatic heterocycles. The highest BCUT2D eigenvalue weighted by atomic mass is 15.4. The van der Waals surface area contributed by atoms with Crippen LogP contribution in [0.25, 0.3) is 39.1 Å². The lowest BCUT2D eigenvalue weighted by Crippen LogP contribution is -2.20. The van der Waals surface area contributed by atoms with E-state index in [1.807, 2.05) is 41.6 Å². The summed E-state index contributed by atoms with van der Waals surface area (Å²) in [5.74, 6) is 0. The van der Waals surface area contributed by atoms with E-state index in [0.717, 1.165) is 76.3 Å². The van der Waals surface area contributed by atoms with Crippen molar-refractivity contribution in [2.24, 2.45) is 0 Å². The molecule has 180 valence electrons. The minimum absolute atomic E-state index is 0.643. The highest BCUT2D eigenvalue weighted by molar-refractivity contribution is 5.93. The van der Waals surface area contributed by atoms with Gasteiger partial charge in [0.05, 0.1) is 17.6 Å². The van der Waals surface area contributed by atoms with Gasteiger partial charge in [0.2, 0.25) is 0 Å². The fourth-order valence-electron chi connectivity index (χ4n) is 4.72. The van der Waals surface area contributed by atoms with E-state index in [0.29, 0.717) is 11.3 Å². The van der Waals surface area contributed by atoms with Crippen molar-refractivity contribution in [3.05, 3.63) is 78.5 Å². The van der Waals surface area contributed by atoms with E-state index in [-0.39, 0.29) is 0 Å². The zero-order chi connectivity index (χ0) is 24.6. The molecule has 0 amide bonds. The van der Waals surface area contributed by atoms with Crippen LogP contribution in [0.3, 0.4) is 0 Å². The lowest BCUT2D eigenvalue weighted by atomic mass is 10.0. The Hall–Kier alpha value is -4.37. The third-order valence-electron chi connectivity index (χ3n) is 6.65. The van der Waals surface area contributed by atoms with Crippen molar-refractivity contribution < 1.29 is 0 Å². The normalized spacial score (nSPS) is 14.7. The Labute approximate surface area is 208 Å². The number of benzene rings is 1. The first kappa shape index (κ1) is 22.1. The number of hydrogen-bond acceptors (Lipinski definition) is 7. The van der Waals surface area contributed by atoms with E-state index in [9.17, 15) is 0 Å². The van der Waals surface area contributed by atoms with Gasteiger partial charge in [0, 0.05) is 59.4 Å². The van der Waals surface area contributed by atoms with Gasteiger partial charge in [-0.2, -0.15) is 5.10 Å². The zero-order valence-electron chi connectivity index (χ0n) is 20.4. The van der Waals surface area contributed by atoms with Gasteiger partial charge < -0.3 is 10.2 Å². The van der Waals surface area contributed by atoms with Crippen molar-refractivity contribution >= 4 is 22.4 Å². The van der Waals surface area contributed by atoms with Crippen LogP contribution in [0.4, 0.5) is 5.69 Å². The number of fused-ring (bicyclic) bond motifs is 9. The quantitative estimate of drug-likeness (QED) is 0.339. The Morgan fingerprint density at radius 2 is 1.94 bits per heavy atom. The maximum absolute atomic E-state index is 4.59. The first-order valence-electron chi connectivity index (χ1n) is 12.0. The minimum atomic E-state index is 0.643. The minimum Gasteiger partial charge on any atom is -0.354 e. The summed E-state index contributed by atoms with van der Waals surface area (Å²) in [5, 5.41) is 20.7. The van der Waals surface area contributed by atoms with Crippen LogP contribution in [0, 0.1) is 6.92 Å². The van der Waals surface area contributed by atoms with Gasteiger partial charge in [-0.15, -0.1) is 5.10 Å². The number of aromatic nitrogens is 7. The molecule has 0 aliphatic carbocycles. The molecule has 6 rings (SSSR count). The van der Waals surface area contributed by atoms with E-state index in [1.165, 1.54) is 0 Å². The highest BCUT2D eigenvalue weighted by Gasteiger charge is 2.15. The van der Waals surface area contributed by atoms with Crippen molar-refractivity contribution in [3.8, 4) is 22.4 Å². The van der Waals surface area contributed by atoms with Gasteiger partial charge in [-0.25, -0.2) is 4.98 Å². The summed E-state index contributed by atoms with van der Waals surface area (Å²) in [6.07, 6.45) is 8.63. The molecule has 4 aromatic heterocycles. The number of anilines is 1. The first-order valence-corrected chi connectivity index (χ1v) is 12.0. The molecule has 5 aromatic rings. The smallest absolute Gasteiger partial charge is 0.181 e. The van der Waals surface area contributed by atoms with E-state index in [1.54, 1.807) is 0 Å². The Kier molecular flexibility index (Phi) is 5.54. The summed E-state index contributed by atoms with van der Waals surface area (Å²) in [7, 11) is 2.13. The second-order valence-electron chi connectivity index (χ2n) is 9.32. The van der Waals surface area contributed by atoms with Gasteiger partial charge in [-0.05, 0) is 56.3 Å². The van der Waals surface area contributed by atoms with Crippen LogP contribution in [0.5, 0.6) is 0 Å². The highest BCUT2D eigenvalue weighted by Crippen LogP contribution is 2.31. The predicted octanol–water partition coefficient (Wildman–Crippen LogP) is 4.51. The van der Waals surface area contributed by atoms with E-state index in [2.05, 4.69) is 79.4 Å². The summed E-state index contributed by atoms with van der Waals surface area (Å²) in [4.78, 5) is 11.4.